The van der Waals surface area contributed by atoms with Gasteiger partial charge in [-0.1, -0.05) is 42.1 Å². The molecule has 0 spiro atoms. The minimum atomic E-state index is -0.629. The van der Waals surface area contributed by atoms with Crippen molar-refractivity contribution in [3.05, 3.63) is 64.2 Å². The van der Waals surface area contributed by atoms with Crippen molar-refractivity contribution in [2.24, 2.45) is 4.99 Å². The molecule has 2 amide bonds. The number of anilines is 1. The van der Waals surface area contributed by atoms with E-state index in [4.69, 9.17) is 0 Å². The molecule has 1 aliphatic heterocycles. The number of nitrogens with zero attached hydrogens (tertiary/aromatic N) is 3. The fourth-order valence-corrected chi connectivity index (χ4v) is 3.84. The molecule has 3 rings (SSSR count). The SMILES string of the molecule is Cc1ccccc1N=C1S[C@H](CC(=O)Nc2ccccc2[N+](=O)[O-])C(=O)N1C. The topological polar surface area (TPSA) is 105 Å². The summed E-state index contributed by atoms with van der Waals surface area (Å²) in [5, 5.41) is 13.5. The number of benzene rings is 2. The number of aryl methyl sites for hydroxylation is 1. The Hall–Kier alpha value is -3.20. The lowest BCUT2D eigenvalue weighted by molar-refractivity contribution is -0.383. The first-order valence-electron chi connectivity index (χ1n) is 8.48. The largest absolute Gasteiger partial charge is 0.320 e. The Kier molecular flexibility index (Phi) is 5.74. The Morgan fingerprint density at radius 2 is 1.93 bits per heavy atom. The fraction of sp³-hybridized carbons (Fsp3) is 0.211. The van der Waals surface area contributed by atoms with E-state index in [0.29, 0.717) is 5.17 Å². The van der Waals surface area contributed by atoms with Gasteiger partial charge in [0.25, 0.3) is 5.69 Å². The van der Waals surface area contributed by atoms with Crippen molar-refractivity contribution in [2.75, 3.05) is 12.4 Å². The van der Waals surface area contributed by atoms with E-state index >= 15 is 0 Å². The summed E-state index contributed by atoms with van der Waals surface area (Å²) in [6.07, 6.45) is -0.104. The van der Waals surface area contributed by atoms with E-state index in [2.05, 4.69) is 10.3 Å². The molecule has 1 atom stereocenters. The lowest BCUT2D eigenvalue weighted by Crippen LogP contribution is -2.30. The second-order valence-corrected chi connectivity index (χ2v) is 7.38. The van der Waals surface area contributed by atoms with Crippen molar-refractivity contribution in [1.82, 2.24) is 4.90 Å². The molecule has 28 heavy (non-hydrogen) atoms. The van der Waals surface area contributed by atoms with Gasteiger partial charge in [0.2, 0.25) is 11.8 Å². The van der Waals surface area contributed by atoms with Gasteiger partial charge in [0.05, 0.1) is 10.6 Å². The lowest BCUT2D eigenvalue weighted by atomic mass is 10.2. The number of nitrogens with one attached hydrogen (secondary N) is 1. The molecule has 1 aliphatic rings. The number of hydrogen-bond acceptors (Lipinski definition) is 6. The number of nitro groups is 1. The smallest absolute Gasteiger partial charge is 0.292 e. The van der Waals surface area contributed by atoms with E-state index in [-0.39, 0.29) is 23.7 Å². The van der Waals surface area contributed by atoms with Crippen LogP contribution in [-0.4, -0.2) is 39.1 Å². The van der Waals surface area contributed by atoms with Crippen LogP contribution in [-0.2, 0) is 9.59 Å². The molecule has 1 saturated heterocycles. The Labute approximate surface area is 165 Å². The number of carbonyl (C=O) groups excluding carboxylic acids is 2. The van der Waals surface area contributed by atoms with Gasteiger partial charge in [-0.2, -0.15) is 0 Å². The molecule has 0 aromatic heterocycles. The maximum Gasteiger partial charge on any atom is 0.292 e. The number of hydrogen-bond donors (Lipinski definition) is 1. The average Bonchev–Trinajstić information content (AvgIpc) is 2.91. The van der Waals surface area contributed by atoms with Gasteiger partial charge in [-0.15, -0.1) is 0 Å². The number of amidine groups is 1. The van der Waals surface area contributed by atoms with Gasteiger partial charge >= 0.3 is 0 Å². The normalized spacial score (nSPS) is 17.8. The Balaban J connectivity index is 1.72. The van der Waals surface area contributed by atoms with E-state index in [9.17, 15) is 19.7 Å². The number of aliphatic imine (C=N–C) groups is 1. The number of thioether (sulfide) groups is 1. The van der Waals surface area contributed by atoms with E-state index in [1.807, 2.05) is 31.2 Å². The monoisotopic (exact) mass is 398 g/mol. The predicted octanol–water partition coefficient (Wildman–Crippen LogP) is 3.49. The van der Waals surface area contributed by atoms with Crippen LogP contribution in [0.3, 0.4) is 0 Å². The average molecular weight is 398 g/mol. The third-order valence-electron chi connectivity index (χ3n) is 4.22. The van der Waals surface area contributed by atoms with Crippen LogP contribution >= 0.6 is 11.8 Å². The highest BCUT2D eigenvalue weighted by molar-refractivity contribution is 8.15. The lowest BCUT2D eigenvalue weighted by Gasteiger charge is -2.09. The molecule has 8 nitrogen and oxygen atoms in total. The fourth-order valence-electron chi connectivity index (χ4n) is 2.70. The standard InChI is InChI=1S/C19H18N4O4S/c1-12-7-3-4-8-13(12)21-19-22(2)18(25)16(28-19)11-17(24)20-14-9-5-6-10-15(14)23(26)27/h3-10,16H,11H2,1-2H3,(H,20,24)/t16-/m1/s1. The van der Waals surface area contributed by atoms with E-state index in [1.165, 1.54) is 34.9 Å². The zero-order valence-corrected chi connectivity index (χ0v) is 16.1. The minimum absolute atomic E-state index is 0.104. The molecule has 1 fully saturated rings. The van der Waals surface area contributed by atoms with Crippen LogP contribution in [0.1, 0.15) is 12.0 Å². The highest BCUT2D eigenvalue weighted by Gasteiger charge is 2.37. The first kappa shape index (κ1) is 19.6. The van der Waals surface area contributed by atoms with Crippen molar-refractivity contribution in [3.63, 3.8) is 0 Å². The summed E-state index contributed by atoms with van der Waals surface area (Å²) in [7, 11) is 1.62. The van der Waals surface area contributed by atoms with Gasteiger partial charge in [0.1, 0.15) is 10.9 Å². The van der Waals surface area contributed by atoms with Gasteiger partial charge in [-0.3, -0.25) is 24.6 Å². The molecular weight excluding hydrogens is 380 g/mol. The summed E-state index contributed by atoms with van der Waals surface area (Å²) in [5.74, 6) is -0.694. The van der Waals surface area contributed by atoms with Crippen molar-refractivity contribution in [3.8, 4) is 0 Å². The summed E-state index contributed by atoms with van der Waals surface area (Å²) < 4.78 is 0. The van der Waals surface area contributed by atoms with Crippen molar-refractivity contribution >= 4 is 45.8 Å². The van der Waals surface area contributed by atoms with Crippen LogP contribution < -0.4 is 5.32 Å². The number of rotatable bonds is 5. The van der Waals surface area contributed by atoms with Crippen LogP contribution in [0, 0.1) is 17.0 Å². The van der Waals surface area contributed by atoms with E-state index < -0.39 is 16.1 Å². The number of para-hydroxylation sites is 3. The molecule has 2 aromatic rings. The Bertz CT molecular complexity index is 976. The van der Waals surface area contributed by atoms with Crippen molar-refractivity contribution < 1.29 is 14.5 Å². The predicted molar refractivity (Wildman–Crippen MR) is 109 cm³/mol. The van der Waals surface area contributed by atoms with Crippen LogP contribution in [0.4, 0.5) is 17.1 Å². The molecule has 0 radical (unpaired) electrons. The maximum absolute atomic E-state index is 12.5. The third-order valence-corrected chi connectivity index (χ3v) is 5.45. The molecular formula is C19H18N4O4S. The quantitative estimate of drug-likeness (QED) is 0.613. The van der Waals surface area contributed by atoms with Crippen LogP contribution in [0.5, 0.6) is 0 Å². The van der Waals surface area contributed by atoms with Gasteiger partial charge in [0, 0.05) is 19.5 Å². The molecule has 1 heterocycles. The number of amides is 2. The molecule has 0 unspecified atom stereocenters. The molecule has 1 N–H and O–H groups in total. The molecule has 144 valence electrons. The molecule has 2 aromatic carbocycles. The number of carbonyl (C=O) groups is 2. The van der Waals surface area contributed by atoms with Gasteiger partial charge < -0.3 is 5.32 Å². The van der Waals surface area contributed by atoms with Crippen LogP contribution in [0.25, 0.3) is 0 Å². The van der Waals surface area contributed by atoms with Gasteiger partial charge in [-0.05, 0) is 24.6 Å². The Morgan fingerprint density at radius 1 is 1.25 bits per heavy atom. The zero-order chi connectivity index (χ0) is 20.3. The van der Waals surface area contributed by atoms with E-state index in [0.717, 1.165) is 11.3 Å². The summed E-state index contributed by atoms with van der Waals surface area (Å²) in [6, 6.07) is 13.4. The second kappa shape index (κ2) is 8.22. The first-order valence-corrected chi connectivity index (χ1v) is 9.36. The summed E-state index contributed by atoms with van der Waals surface area (Å²) in [4.78, 5) is 41.3. The summed E-state index contributed by atoms with van der Waals surface area (Å²) >= 11 is 1.21. The van der Waals surface area contributed by atoms with Gasteiger partial charge in [-0.25, -0.2) is 4.99 Å². The van der Waals surface area contributed by atoms with Crippen LogP contribution in [0.15, 0.2) is 53.5 Å². The maximum atomic E-state index is 12.5. The first-order chi connectivity index (χ1) is 13.4. The third kappa shape index (κ3) is 4.20. The Morgan fingerprint density at radius 3 is 2.64 bits per heavy atom. The van der Waals surface area contributed by atoms with Crippen molar-refractivity contribution in [2.45, 2.75) is 18.6 Å². The molecule has 9 heteroatoms. The zero-order valence-electron chi connectivity index (χ0n) is 15.3. The highest BCUT2D eigenvalue weighted by Crippen LogP contribution is 2.32. The van der Waals surface area contributed by atoms with E-state index in [1.54, 1.807) is 13.1 Å². The highest BCUT2D eigenvalue weighted by atomic mass is 32.2. The molecule has 0 aliphatic carbocycles. The summed E-state index contributed by atoms with van der Waals surface area (Å²) in [5.41, 5.74) is 1.65. The summed E-state index contributed by atoms with van der Waals surface area (Å²) in [6.45, 7) is 1.93. The van der Waals surface area contributed by atoms with Crippen LogP contribution in [0.2, 0.25) is 0 Å². The molecule has 0 bridgehead atoms. The minimum Gasteiger partial charge on any atom is -0.320 e. The van der Waals surface area contributed by atoms with Gasteiger partial charge in [0.15, 0.2) is 5.17 Å². The van der Waals surface area contributed by atoms with Crippen molar-refractivity contribution in [1.29, 1.82) is 0 Å². The number of nitro benzene ring substituents is 1. The molecule has 0 saturated carbocycles. The second-order valence-electron chi connectivity index (χ2n) is 6.21.